The first-order valence-corrected chi connectivity index (χ1v) is 8.72. The van der Waals surface area contributed by atoms with Crippen LogP contribution in [0.5, 0.6) is 0 Å². The molecular weight excluding hydrogens is 308 g/mol. The minimum absolute atomic E-state index is 0.00407. The highest BCUT2D eigenvalue weighted by Crippen LogP contribution is 2.19. The average molecular weight is 328 g/mol. The van der Waals surface area contributed by atoms with Gasteiger partial charge in [0, 0.05) is 30.0 Å². The normalized spacial score (nSPS) is 15.7. The van der Waals surface area contributed by atoms with Gasteiger partial charge in [-0.05, 0) is 42.5 Å². The third-order valence-electron chi connectivity index (χ3n) is 4.08. The van der Waals surface area contributed by atoms with Gasteiger partial charge < -0.3 is 10.2 Å². The number of carbonyl (C=O) groups is 2. The maximum atomic E-state index is 12.3. The van der Waals surface area contributed by atoms with Crippen LogP contribution in [0.2, 0.25) is 0 Å². The lowest BCUT2D eigenvalue weighted by Gasteiger charge is -2.16. The van der Waals surface area contributed by atoms with Crippen molar-refractivity contribution in [3.63, 3.8) is 0 Å². The first-order valence-electron chi connectivity index (χ1n) is 7.84. The monoisotopic (exact) mass is 328 g/mol. The van der Waals surface area contributed by atoms with E-state index in [1.54, 1.807) is 11.3 Å². The van der Waals surface area contributed by atoms with Gasteiger partial charge in [0.15, 0.2) is 0 Å². The molecule has 1 saturated heterocycles. The predicted octanol–water partition coefficient (Wildman–Crippen LogP) is 3.36. The molecule has 120 valence electrons. The van der Waals surface area contributed by atoms with Crippen LogP contribution in [0.4, 0.5) is 0 Å². The van der Waals surface area contributed by atoms with Crippen LogP contribution in [-0.4, -0.2) is 23.3 Å². The number of thiophene rings is 1. The van der Waals surface area contributed by atoms with Gasteiger partial charge in [0.1, 0.15) is 0 Å². The molecule has 1 aromatic carbocycles. The third kappa shape index (κ3) is 3.79. The van der Waals surface area contributed by atoms with E-state index in [-0.39, 0.29) is 17.9 Å². The molecule has 5 heteroatoms. The highest BCUT2D eigenvalue weighted by Gasteiger charge is 2.20. The van der Waals surface area contributed by atoms with Gasteiger partial charge in [-0.15, -0.1) is 11.3 Å². The van der Waals surface area contributed by atoms with E-state index >= 15 is 0 Å². The highest BCUT2D eigenvalue weighted by atomic mass is 32.1. The molecule has 3 rings (SSSR count). The maximum absolute atomic E-state index is 12.3. The number of benzene rings is 1. The van der Waals surface area contributed by atoms with Crippen LogP contribution in [0.1, 0.15) is 46.6 Å². The summed E-state index contributed by atoms with van der Waals surface area (Å²) in [6, 6.07) is 11.5. The molecule has 1 N–H and O–H groups in total. The standard InChI is InChI=1S/C18H20N2O2S/c1-13(16-4-3-11-23-16)19-18(22)15-8-6-14(7-9-15)12-20-10-2-5-17(20)21/h3-4,6-9,11,13H,2,5,10,12H2,1H3,(H,19,22)/t13-/m0/s1. The number of nitrogens with zero attached hydrogens (tertiary/aromatic N) is 1. The van der Waals surface area contributed by atoms with Crippen LogP contribution in [0.15, 0.2) is 41.8 Å². The van der Waals surface area contributed by atoms with Crippen LogP contribution in [0.25, 0.3) is 0 Å². The first-order chi connectivity index (χ1) is 11.1. The number of hydrogen-bond donors (Lipinski definition) is 1. The van der Waals surface area contributed by atoms with E-state index in [2.05, 4.69) is 5.32 Å². The summed E-state index contributed by atoms with van der Waals surface area (Å²) >= 11 is 1.64. The van der Waals surface area contributed by atoms with Crippen molar-refractivity contribution in [2.24, 2.45) is 0 Å². The Bertz CT molecular complexity index is 680. The van der Waals surface area contributed by atoms with E-state index in [1.165, 1.54) is 0 Å². The summed E-state index contributed by atoms with van der Waals surface area (Å²) in [7, 11) is 0. The lowest BCUT2D eigenvalue weighted by molar-refractivity contribution is -0.128. The average Bonchev–Trinajstić information content (AvgIpc) is 3.20. The zero-order valence-electron chi connectivity index (χ0n) is 13.1. The second-order valence-electron chi connectivity index (χ2n) is 5.83. The molecule has 2 aromatic rings. The predicted molar refractivity (Wildman–Crippen MR) is 91.3 cm³/mol. The minimum atomic E-state index is -0.0744. The van der Waals surface area contributed by atoms with Gasteiger partial charge in [-0.1, -0.05) is 18.2 Å². The molecule has 1 fully saturated rings. The largest absolute Gasteiger partial charge is 0.345 e. The van der Waals surface area contributed by atoms with Gasteiger partial charge >= 0.3 is 0 Å². The van der Waals surface area contributed by atoms with E-state index in [0.717, 1.165) is 23.4 Å². The molecular formula is C18H20N2O2S. The molecule has 0 unspecified atom stereocenters. The number of amides is 2. The van der Waals surface area contributed by atoms with Crippen molar-refractivity contribution in [2.75, 3.05) is 6.54 Å². The number of hydrogen-bond acceptors (Lipinski definition) is 3. The van der Waals surface area contributed by atoms with Gasteiger partial charge in [-0.25, -0.2) is 0 Å². The fraction of sp³-hybridized carbons (Fsp3) is 0.333. The Labute approximate surface area is 140 Å². The van der Waals surface area contributed by atoms with Crippen LogP contribution in [-0.2, 0) is 11.3 Å². The van der Waals surface area contributed by atoms with E-state index < -0.39 is 0 Å². The van der Waals surface area contributed by atoms with Gasteiger partial charge in [0.25, 0.3) is 5.91 Å². The fourth-order valence-corrected chi connectivity index (χ4v) is 3.48. The van der Waals surface area contributed by atoms with E-state index in [0.29, 0.717) is 18.5 Å². The number of likely N-dealkylation sites (tertiary alicyclic amines) is 1. The molecule has 0 bridgehead atoms. The quantitative estimate of drug-likeness (QED) is 0.915. The van der Waals surface area contributed by atoms with Crippen molar-refractivity contribution >= 4 is 23.2 Å². The third-order valence-corrected chi connectivity index (χ3v) is 5.13. The summed E-state index contributed by atoms with van der Waals surface area (Å²) in [4.78, 5) is 26.9. The van der Waals surface area contributed by atoms with Crippen molar-refractivity contribution < 1.29 is 9.59 Å². The molecule has 23 heavy (non-hydrogen) atoms. The second-order valence-corrected chi connectivity index (χ2v) is 6.81. The Balaban J connectivity index is 1.60. The molecule has 1 aromatic heterocycles. The van der Waals surface area contributed by atoms with Crippen LogP contribution < -0.4 is 5.32 Å². The molecule has 2 heterocycles. The minimum Gasteiger partial charge on any atom is -0.345 e. The Morgan fingerprint density at radius 2 is 2.09 bits per heavy atom. The number of nitrogens with one attached hydrogen (secondary N) is 1. The van der Waals surface area contributed by atoms with Gasteiger partial charge in [0.05, 0.1) is 6.04 Å². The number of carbonyl (C=O) groups excluding carboxylic acids is 2. The van der Waals surface area contributed by atoms with Crippen LogP contribution >= 0.6 is 11.3 Å². The lowest BCUT2D eigenvalue weighted by Crippen LogP contribution is -2.26. The summed E-state index contributed by atoms with van der Waals surface area (Å²) in [5.41, 5.74) is 1.70. The van der Waals surface area contributed by atoms with Crippen molar-refractivity contribution in [1.82, 2.24) is 10.2 Å². The van der Waals surface area contributed by atoms with E-state index in [4.69, 9.17) is 0 Å². The molecule has 1 aliphatic heterocycles. The molecule has 2 amide bonds. The summed E-state index contributed by atoms with van der Waals surface area (Å²) in [6.45, 7) is 3.45. The SMILES string of the molecule is C[C@H](NC(=O)c1ccc(CN2CCCC2=O)cc1)c1cccs1. The first kappa shape index (κ1) is 15.7. The zero-order chi connectivity index (χ0) is 16.2. The molecule has 0 spiro atoms. The van der Waals surface area contributed by atoms with Crippen LogP contribution in [0, 0.1) is 0 Å². The summed E-state index contributed by atoms with van der Waals surface area (Å²) in [6.07, 6.45) is 1.60. The van der Waals surface area contributed by atoms with Crippen molar-refractivity contribution in [3.8, 4) is 0 Å². The fourth-order valence-electron chi connectivity index (χ4n) is 2.74. The van der Waals surface area contributed by atoms with E-state index in [1.807, 2.05) is 53.6 Å². The highest BCUT2D eigenvalue weighted by molar-refractivity contribution is 7.10. The maximum Gasteiger partial charge on any atom is 0.251 e. The topological polar surface area (TPSA) is 49.4 Å². The molecule has 1 atom stereocenters. The summed E-state index contributed by atoms with van der Waals surface area (Å²) in [5.74, 6) is 0.145. The molecule has 0 saturated carbocycles. The van der Waals surface area contributed by atoms with Gasteiger partial charge in [-0.3, -0.25) is 9.59 Å². The van der Waals surface area contributed by atoms with Gasteiger partial charge in [0.2, 0.25) is 5.91 Å². The molecule has 0 aliphatic carbocycles. The smallest absolute Gasteiger partial charge is 0.251 e. The second kappa shape index (κ2) is 6.96. The van der Waals surface area contributed by atoms with E-state index in [9.17, 15) is 9.59 Å². The zero-order valence-corrected chi connectivity index (χ0v) is 13.9. The molecule has 4 nitrogen and oxygen atoms in total. The van der Waals surface area contributed by atoms with Crippen molar-refractivity contribution in [2.45, 2.75) is 32.4 Å². The Morgan fingerprint density at radius 1 is 1.30 bits per heavy atom. The molecule has 1 aliphatic rings. The lowest BCUT2D eigenvalue weighted by atomic mass is 10.1. The summed E-state index contributed by atoms with van der Waals surface area (Å²) < 4.78 is 0. The summed E-state index contributed by atoms with van der Waals surface area (Å²) in [5, 5.41) is 5.01. The Kier molecular flexibility index (Phi) is 4.76. The van der Waals surface area contributed by atoms with Crippen molar-refractivity contribution in [1.29, 1.82) is 0 Å². The Hall–Kier alpha value is -2.14. The number of rotatable bonds is 5. The van der Waals surface area contributed by atoms with Gasteiger partial charge in [-0.2, -0.15) is 0 Å². The van der Waals surface area contributed by atoms with Crippen molar-refractivity contribution in [3.05, 3.63) is 57.8 Å². The van der Waals surface area contributed by atoms with Crippen LogP contribution in [0.3, 0.4) is 0 Å². The Morgan fingerprint density at radius 3 is 2.70 bits per heavy atom. The molecule has 0 radical (unpaired) electrons.